The Morgan fingerprint density at radius 1 is 1.19 bits per heavy atom. The quantitative estimate of drug-likeness (QED) is 0.590. The van der Waals surface area contributed by atoms with Crippen molar-refractivity contribution in [2.45, 2.75) is 0 Å². The van der Waals surface area contributed by atoms with Crippen molar-refractivity contribution in [1.29, 1.82) is 0 Å². The summed E-state index contributed by atoms with van der Waals surface area (Å²) >= 11 is 0. The molecular formula is C15H10N4O2. The Labute approximate surface area is 118 Å². The number of hydrogen-bond donors (Lipinski definition) is 2. The number of nitrogens with one attached hydrogen (secondary N) is 1. The topological polar surface area (TPSA) is 83.3 Å². The van der Waals surface area contributed by atoms with Crippen molar-refractivity contribution in [3.8, 4) is 11.3 Å². The highest BCUT2D eigenvalue weighted by molar-refractivity contribution is 5.87. The minimum absolute atomic E-state index is 0.0505. The van der Waals surface area contributed by atoms with Gasteiger partial charge in [0.15, 0.2) is 11.3 Å². The van der Waals surface area contributed by atoms with Crippen molar-refractivity contribution in [1.82, 2.24) is 19.6 Å². The maximum absolute atomic E-state index is 11.2. The van der Waals surface area contributed by atoms with Crippen LogP contribution in [0.5, 0.6) is 0 Å². The zero-order chi connectivity index (χ0) is 14.4. The van der Waals surface area contributed by atoms with Gasteiger partial charge in [0, 0.05) is 22.7 Å². The molecular weight excluding hydrogens is 268 g/mol. The van der Waals surface area contributed by atoms with Crippen LogP contribution in [0.1, 0.15) is 10.5 Å². The molecule has 0 unspecified atom stereocenters. The monoisotopic (exact) mass is 278 g/mol. The number of imidazole rings is 1. The molecule has 4 rings (SSSR count). The number of aromatic nitrogens is 4. The molecule has 3 heterocycles. The predicted octanol–water partition coefficient (Wildman–Crippen LogP) is 2.58. The second-order valence-electron chi connectivity index (χ2n) is 4.72. The van der Waals surface area contributed by atoms with Crippen LogP contribution in [-0.2, 0) is 0 Å². The highest BCUT2D eigenvalue weighted by atomic mass is 16.4. The zero-order valence-electron chi connectivity index (χ0n) is 10.8. The van der Waals surface area contributed by atoms with E-state index in [-0.39, 0.29) is 5.69 Å². The van der Waals surface area contributed by atoms with Gasteiger partial charge < -0.3 is 10.1 Å². The van der Waals surface area contributed by atoms with Crippen LogP contribution in [0.15, 0.2) is 48.8 Å². The first-order valence-corrected chi connectivity index (χ1v) is 6.38. The molecule has 0 saturated carbocycles. The molecule has 3 aromatic heterocycles. The van der Waals surface area contributed by atoms with Crippen LogP contribution in [-0.4, -0.2) is 30.7 Å². The summed E-state index contributed by atoms with van der Waals surface area (Å²) in [4.78, 5) is 18.3. The predicted molar refractivity (Wildman–Crippen MR) is 77.2 cm³/mol. The number of hydrogen-bond acceptors (Lipinski definition) is 3. The summed E-state index contributed by atoms with van der Waals surface area (Å²) in [7, 11) is 0. The molecule has 0 aliphatic carbocycles. The molecule has 0 saturated heterocycles. The molecule has 0 aliphatic heterocycles. The molecule has 0 spiro atoms. The van der Waals surface area contributed by atoms with Crippen LogP contribution in [0, 0.1) is 0 Å². The normalized spacial score (nSPS) is 11.2. The summed E-state index contributed by atoms with van der Waals surface area (Å²) in [5.74, 6) is -1.05. The molecule has 6 heteroatoms. The molecule has 102 valence electrons. The van der Waals surface area contributed by atoms with Crippen LogP contribution < -0.4 is 0 Å². The lowest BCUT2D eigenvalue weighted by atomic mass is 10.1. The molecule has 0 fully saturated rings. The summed E-state index contributed by atoms with van der Waals surface area (Å²) in [5, 5.41) is 14.6. The van der Waals surface area contributed by atoms with Crippen molar-refractivity contribution < 1.29 is 9.90 Å². The van der Waals surface area contributed by atoms with E-state index >= 15 is 0 Å². The number of aromatic carboxylic acids is 1. The number of rotatable bonds is 2. The Balaban J connectivity index is 1.92. The number of aromatic amines is 1. The fourth-order valence-corrected chi connectivity index (χ4v) is 2.39. The maximum atomic E-state index is 11.2. The van der Waals surface area contributed by atoms with Crippen molar-refractivity contribution in [2.24, 2.45) is 0 Å². The molecule has 0 aliphatic rings. The molecule has 0 amide bonds. The highest BCUT2D eigenvalue weighted by Gasteiger charge is 2.12. The lowest BCUT2D eigenvalue weighted by molar-refractivity contribution is 0.0688. The third kappa shape index (κ3) is 1.77. The van der Waals surface area contributed by atoms with Crippen LogP contribution in [0.4, 0.5) is 0 Å². The molecule has 0 bridgehead atoms. The standard InChI is InChI=1S/C15H10N4O2/c20-15(21)13-8-17-14-4-3-12(18-19(13)14)9-1-2-11-10(7-9)5-6-16-11/h1-8,16H,(H,20,21). The maximum Gasteiger partial charge on any atom is 0.356 e. The first-order chi connectivity index (χ1) is 10.2. The summed E-state index contributed by atoms with van der Waals surface area (Å²) in [6, 6.07) is 11.5. The van der Waals surface area contributed by atoms with E-state index in [2.05, 4.69) is 15.1 Å². The van der Waals surface area contributed by atoms with Gasteiger partial charge in [0.1, 0.15) is 0 Å². The minimum atomic E-state index is -1.05. The van der Waals surface area contributed by atoms with Gasteiger partial charge in [-0.1, -0.05) is 6.07 Å². The van der Waals surface area contributed by atoms with E-state index < -0.39 is 5.97 Å². The SMILES string of the molecule is O=C(O)c1cnc2ccc(-c3ccc4[nH]ccc4c3)nn12. The van der Waals surface area contributed by atoms with Gasteiger partial charge in [0.25, 0.3) is 0 Å². The number of carbonyl (C=O) groups is 1. The first kappa shape index (κ1) is 11.7. The molecule has 6 nitrogen and oxygen atoms in total. The van der Waals surface area contributed by atoms with E-state index in [1.165, 1.54) is 10.7 Å². The fourth-order valence-electron chi connectivity index (χ4n) is 2.39. The van der Waals surface area contributed by atoms with Gasteiger partial charge in [-0.3, -0.25) is 0 Å². The largest absolute Gasteiger partial charge is 0.476 e. The lowest BCUT2D eigenvalue weighted by Gasteiger charge is -2.03. The van der Waals surface area contributed by atoms with E-state index in [0.29, 0.717) is 11.3 Å². The van der Waals surface area contributed by atoms with Gasteiger partial charge in [-0.25, -0.2) is 14.3 Å². The van der Waals surface area contributed by atoms with Gasteiger partial charge in [0.05, 0.1) is 11.9 Å². The van der Waals surface area contributed by atoms with Crippen LogP contribution in [0.2, 0.25) is 0 Å². The molecule has 0 atom stereocenters. The van der Waals surface area contributed by atoms with Gasteiger partial charge in [-0.05, 0) is 30.3 Å². The number of H-pyrrole nitrogens is 1. The fraction of sp³-hybridized carbons (Fsp3) is 0. The Kier molecular flexibility index (Phi) is 2.32. The van der Waals surface area contributed by atoms with Gasteiger partial charge in [-0.15, -0.1) is 0 Å². The first-order valence-electron chi connectivity index (χ1n) is 6.38. The molecule has 0 radical (unpaired) electrons. The van der Waals surface area contributed by atoms with Gasteiger partial charge in [0.2, 0.25) is 0 Å². The second-order valence-corrected chi connectivity index (χ2v) is 4.72. The summed E-state index contributed by atoms with van der Waals surface area (Å²) in [5.41, 5.74) is 3.24. The number of fused-ring (bicyclic) bond motifs is 2. The number of nitrogens with zero attached hydrogens (tertiary/aromatic N) is 3. The molecule has 21 heavy (non-hydrogen) atoms. The molecule has 2 N–H and O–H groups in total. The van der Waals surface area contributed by atoms with Crippen molar-refractivity contribution in [3.05, 3.63) is 54.5 Å². The van der Waals surface area contributed by atoms with Crippen LogP contribution in [0.25, 0.3) is 27.8 Å². The van der Waals surface area contributed by atoms with E-state index in [1.807, 2.05) is 36.5 Å². The Hall–Kier alpha value is -3.15. The summed E-state index contributed by atoms with van der Waals surface area (Å²) < 4.78 is 1.35. The van der Waals surface area contributed by atoms with Gasteiger partial charge in [-0.2, -0.15) is 5.10 Å². The zero-order valence-corrected chi connectivity index (χ0v) is 10.8. The summed E-state index contributed by atoms with van der Waals surface area (Å²) in [6.45, 7) is 0. The van der Waals surface area contributed by atoms with E-state index in [1.54, 1.807) is 6.07 Å². The lowest BCUT2D eigenvalue weighted by Crippen LogP contribution is -2.05. The minimum Gasteiger partial charge on any atom is -0.476 e. The van der Waals surface area contributed by atoms with Crippen LogP contribution in [0.3, 0.4) is 0 Å². The second kappa shape index (κ2) is 4.17. The van der Waals surface area contributed by atoms with E-state index in [9.17, 15) is 4.79 Å². The smallest absolute Gasteiger partial charge is 0.356 e. The third-order valence-electron chi connectivity index (χ3n) is 3.43. The van der Waals surface area contributed by atoms with Crippen molar-refractivity contribution in [3.63, 3.8) is 0 Å². The number of benzene rings is 1. The number of carboxylic acids is 1. The van der Waals surface area contributed by atoms with E-state index in [0.717, 1.165) is 16.5 Å². The van der Waals surface area contributed by atoms with Crippen LogP contribution >= 0.6 is 0 Å². The van der Waals surface area contributed by atoms with Crippen molar-refractivity contribution in [2.75, 3.05) is 0 Å². The average Bonchev–Trinajstić information content (AvgIpc) is 3.12. The van der Waals surface area contributed by atoms with Crippen molar-refractivity contribution >= 4 is 22.5 Å². The molecule has 1 aromatic carbocycles. The Morgan fingerprint density at radius 3 is 2.95 bits per heavy atom. The third-order valence-corrected chi connectivity index (χ3v) is 3.43. The summed E-state index contributed by atoms with van der Waals surface area (Å²) in [6.07, 6.45) is 3.19. The highest BCUT2D eigenvalue weighted by Crippen LogP contribution is 2.22. The average molecular weight is 278 g/mol. The molecule has 4 aromatic rings. The van der Waals surface area contributed by atoms with E-state index in [4.69, 9.17) is 5.11 Å². The van der Waals surface area contributed by atoms with Gasteiger partial charge >= 0.3 is 5.97 Å². The Morgan fingerprint density at radius 2 is 2.10 bits per heavy atom. The number of carboxylic acid groups (broad SMARTS) is 1. The Bertz CT molecular complexity index is 984.